The molecule has 0 aliphatic carbocycles. The SMILES string of the molecule is CCCCCCCCC(=O)CCC(=O)C(=O)O. The maximum atomic E-state index is 11.3. The Morgan fingerprint density at radius 2 is 1.41 bits per heavy atom. The number of Topliss-reactive ketones (excluding diaryl/α,β-unsaturated/α-hetero) is 2. The third kappa shape index (κ3) is 9.72. The molecule has 0 aromatic carbocycles. The Bertz CT molecular complexity index is 258. The molecule has 0 amide bonds. The quantitative estimate of drug-likeness (QED) is 0.446. The highest BCUT2D eigenvalue weighted by atomic mass is 16.4. The van der Waals surface area contributed by atoms with Gasteiger partial charge in [0.05, 0.1) is 0 Å². The van der Waals surface area contributed by atoms with Crippen LogP contribution in [0.1, 0.15) is 64.7 Å². The van der Waals surface area contributed by atoms with Gasteiger partial charge in [-0.3, -0.25) is 9.59 Å². The number of hydrogen-bond acceptors (Lipinski definition) is 3. The molecule has 0 aliphatic rings. The average molecular weight is 242 g/mol. The Balaban J connectivity index is 3.41. The Morgan fingerprint density at radius 1 is 0.824 bits per heavy atom. The third-order valence-corrected chi connectivity index (χ3v) is 2.68. The number of hydrogen-bond donors (Lipinski definition) is 1. The maximum absolute atomic E-state index is 11.3. The molecule has 0 aromatic heterocycles. The Hall–Kier alpha value is -1.19. The fraction of sp³-hybridized carbons (Fsp3) is 0.769. The summed E-state index contributed by atoms with van der Waals surface area (Å²) in [6, 6.07) is 0. The molecule has 0 radical (unpaired) electrons. The summed E-state index contributed by atoms with van der Waals surface area (Å²) in [6.45, 7) is 2.16. The molecule has 0 heterocycles. The van der Waals surface area contributed by atoms with Crippen molar-refractivity contribution in [2.75, 3.05) is 0 Å². The van der Waals surface area contributed by atoms with E-state index in [2.05, 4.69) is 6.92 Å². The predicted octanol–water partition coefficient (Wildman–Crippen LogP) is 2.74. The van der Waals surface area contributed by atoms with E-state index in [1.165, 1.54) is 19.3 Å². The minimum atomic E-state index is -1.45. The second kappa shape index (κ2) is 10.00. The van der Waals surface area contributed by atoms with Crippen LogP contribution in [0.2, 0.25) is 0 Å². The molecule has 17 heavy (non-hydrogen) atoms. The molecule has 4 heteroatoms. The average Bonchev–Trinajstić information content (AvgIpc) is 2.30. The molecule has 0 saturated carbocycles. The summed E-state index contributed by atoms with van der Waals surface area (Å²) < 4.78 is 0. The number of rotatable bonds is 11. The number of aliphatic carboxylic acids is 1. The lowest BCUT2D eigenvalue weighted by Crippen LogP contribution is -2.13. The van der Waals surface area contributed by atoms with Crippen molar-refractivity contribution in [3.05, 3.63) is 0 Å². The van der Waals surface area contributed by atoms with Crippen molar-refractivity contribution < 1.29 is 19.5 Å². The fourth-order valence-corrected chi connectivity index (χ4v) is 1.59. The minimum absolute atomic E-state index is 0.00454. The Labute approximate surface area is 102 Å². The molecule has 0 unspecified atom stereocenters. The first-order valence-electron chi connectivity index (χ1n) is 6.35. The highest BCUT2D eigenvalue weighted by Gasteiger charge is 2.13. The number of carbonyl (C=O) groups excluding carboxylic acids is 2. The molecule has 0 aliphatic heterocycles. The summed E-state index contributed by atoms with van der Waals surface area (Å²) >= 11 is 0. The summed E-state index contributed by atoms with van der Waals surface area (Å²) in [5, 5.41) is 8.33. The van der Waals surface area contributed by atoms with Gasteiger partial charge in [-0.2, -0.15) is 0 Å². The first-order valence-corrected chi connectivity index (χ1v) is 6.35. The van der Waals surface area contributed by atoms with Crippen molar-refractivity contribution in [2.45, 2.75) is 64.7 Å². The van der Waals surface area contributed by atoms with Crippen molar-refractivity contribution >= 4 is 17.5 Å². The molecular weight excluding hydrogens is 220 g/mol. The first-order chi connectivity index (χ1) is 8.07. The van der Waals surface area contributed by atoms with Gasteiger partial charge in [-0.05, 0) is 6.42 Å². The van der Waals surface area contributed by atoms with Crippen LogP contribution in [-0.4, -0.2) is 22.6 Å². The maximum Gasteiger partial charge on any atom is 0.372 e. The van der Waals surface area contributed by atoms with Crippen LogP contribution in [0, 0.1) is 0 Å². The lowest BCUT2D eigenvalue weighted by atomic mass is 10.0. The zero-order valence-corrected chi connectivity index (χ0v) is 10.5. The number of ketones is 2. The third-order valence-electron chi connectivity index (χ3n) is 2.68. The van der Waals surface area contributed by atoms with E-state index in [4.69, 9.17) is 5.11 Å². The topological polar surface area (TPSA) is 71.4 Å². The van der Waals surface area contributed by atoms with Gasteiger partial charge >= 0.3 is 5.97 Å². The normalized spacial score (nSPS) is 10.2. The van der Waals surface area contributed by atoms with E-state index in [-0.39, 0.29) is 18.6 Å². The number of carboxylic acids is 1. The molecule has 0 rings (SSSR count). The number of carboxylic acid groups (broad SMARTS) is 1. The molecule has 0 fully saturated rings. The lowest BCUT2D eigenvalue weighted by Gasteiger charge is -2.00. The zero-order valence-electron chi connectivity index (χ0n) is 10.5. The molecule has 0 aromatic rings. The summed E-state index contributed by atoms with van der Waals surface area (Å²) in [6.07, 6.45) is 7.07. The van der Waals surface area contributed by atoms with Crippen LogP contribution in [0.3, 0.4) is 0 Å². The van der Waals surface area contributed by atoms with Crippen LogP contribution >= 0.6 is 0 Å². The van der Waals surface area contributed by atoms with Gasteiger partial charge in [0.25, 0.3) is 0 Å². The van der Waals surface area contributed by atoms with E-state index >= 15 is 0 Å². The lowest BCUT2D eigenvalue weighted by molar-refractivity contribution is -0.149. The summed E-state index contributed by atoms with van der Waals surface area (Å²) in [4.78, 5) is 32.3. The number of carbonyl (C=O) groups is 3. The first kappa shape index (κ1) is 15.8. The second-order valence-corrected chi connectivity index (χ2v) is 4.28. The van der Waals surface area contributed by atoms with Crippen LogP contribution < -0.4 is 0 Å². The minimum Gasteiger partial charge on any atom is -0.476 e. The van der Waals surface area contributed by atoms with E-state index in [0.717, 1.165) is 19.3 Å². The van der Waals surface area contributed by atoms with Crippen molar-refractivity contribution in [3.8, 4) is 0 Å². The number of unbranched alkanes of at least 4 members (excludes halogenated alkanes) is 5. The predicted molar refractivity (Wildman–Crippen MR) is 64.9 cm³/mol. The molecule has 0 bridgehead atoms. The monoisotopic (exact) mass is 242 g/mol. The Morgan fingerprint density at radius 3 is 2.00 bits per heavy atom. The van der Waals surface area contributed by atoms with Crippen LogP contribution in [-0.2, 0) is 14.4 Å². The van der Waals surface area contributed by atoms with Gasteiger partial charge in [0.2, 0.25) is 5.78 Å². The van der Waals surface area contributed by atoms with Gasteiger partial charge in [-0.25, -0.2) is 4.79 Å². The van der Waals surface area contributed by atoms with Gasteiger partial charge in [-0.1, -0.05) is 39.0 Å². The van der Waals surface area contributed by atoms with Gasteiger partial charge in [0.15, 0.2) is 0 Å². The summed E-state index contributed by atoms with van der Waals surface area (Å²) in [5.74, 6) is -2.33. The zero-order chi connectivity index (χ0) is 13.1. The summed E-state index contributed by atoms with van der Waals surface area (Å²) in [5.41, 5.74) is 0. The molecule has 4 nitrogen and oxygen atoms in total. The summed E-state index contributed by atoms with van der Waals surface area (Å²) in [7, 11) is 0. The van der Waals surface area contributed by atoms with Gasteiger partial charge in [0, 0.05) is 19.3 Å². The molecule has 98 valence electrons. The van der Waals surface area contributed by atoms with Crippen molar-refractivity contribution in [1.82, 2.24) is 0 Å². The highest BCUT2D eigenvalue weighted by Crippen LogP contribution is 2.08. The van der Waals surface area contributed by atoms with E-state index in [9.17, 15) is 14.4 Å². The van der Waals surface area contributed by atoms with Crippen LogP contribution in [0.25, 0.3) is 0 Å². The van der Waals surface area contributed by atoms with Crippen molar-refractivity contribution in [2.24, 2.45) is 0 Å². The van der Waals surface area contributed by atoms with Gasteiger partial charge in [0.1, 0.15) is 5.78 Å². The van der Waals surface area contributed by atoms with Crippen LogP contribution in [0.5, 0.6) is 0 Å². The molecule has 0 spiro atoms. The van der Waals surface area contributed by atoms with Crippen molar-refractivity contribution in [3.63, 3.8) is 0 Å². The molecule has 0 atom stereocenters. The second-order valence-electron chi connectivity index (χ2n) is 4.28. The molecular formula is C13H22O4. The molecule has 0 saturated heterocycles. The van der Waals surface area contributed by atoms with Crippen LogP contribution in [0.15, 0.2) is 0 Å². The van der Waals surface area contributed by atoms with Crippen molar-refractivity contribution in [1.29, 1.82) is 0 Å². The smallest absolute Gasteiger partial charge is 0.372 e. The van der Waals surface area contributed by atoms with E-state index in [0.29, 0.717) is 6.42 Å². The fourth-order valence-electron chi connectivity index (χ4n) is 1.59. The Kier molecular flexibility index (Phi) is 9.30. The highest BCUT2D eigenvalue weighted by molar-refractivity contribution is 6.32. The largest absolute Gasteiger partial charge is 0.476 e. The van der Waals surface area contributed by atoms with E-state index in [1.807, 2.05) is 0 Å². The molecule has 1 N–H and O–H groups in total. The van der Waals surface area contributed by atoms with Crippen LogP contribution in [0.4, 0.5) is 0 Å². The van der Waals surface area contributed by atoms with E-state index < -0.39 is 11.8 Å². The standard InChI is InChI=1S/C13H22O4/c1-2-3-4-5-6-7-8-11(14)9-10-12(15)13(16)17/h2-10H2,1H3,(H,16,17). The van der Waals surface area contributed by atoms with Gasteiger partial charge in [-0.15, -0.1) is 0 Å². The van der Waals surface area contributed by atoms with Gasteiger partial charge < -0.3 is 5.11 Å². The van der Waals surface area contributed by atoms with E-state index in [1.54, 1.807) is 0 Å².